The minimum atomic E-state index is 0.260. The molecule has 0 aromatic heterocycles. The Bertz CT molecular complexity index is 326. The maximum absolute atomic E-state index is 5.89. The summed E-state index contributed by atoms with van der Waals surface area (Å²) in [7, 11) is 1.67. The van der Waals surface area contributed by atoms with Crippen LogP contribution in [-0.2, 0) is 5.33 Å². The van der Waals surface area contributed by atoms with Crippen LogP contribution in [0, 0.1) is 0 Å². The summed E-state index contributed by atoms with van der Waals surface area (Å²) in [6.45, 7) is 4.27. The average Bonchev–Trinajstić information content (AvgIpc) is 2.30. The van der Waals surface area contributed by atoms with Crippen LogP contribution >= 0.6 is 15.9 Å². The van der Waals surface area contributed by atoms with Gasteiger partial charge < -0.3 is 9.47 Å². The zero-order valence-corrected chi connectivity index (χ0v) is 11.7. The highest BCUT2D eigenvalue weighted by Crippen LogP contribution is 2.27. The maximum Gasteiger partial charge on any atom is 0.124 e. The van der Waals surface area contributed by atoms with E-state index in [1.165, 1.54) is 0 Å². The van der Waals surface area contributed by atoms with Crippen molar-refractivity contribution in [2.75, 3.05) is 7.11 Å². The zero-order chi connectivity index (χ0) is 12.0. The first-order valence-electron chi connectivity index (χ1n) is 5.60. The number of ether oxygens (including phenoxy) is 2. The molecule has 1 aromatic carbocycles. The molecule has 90 valence electrons. The van der Waals surface area contributed by atoms with Crippen molar-refractivity contribution < 1.29 is 9.47 Å². The highest BCUT2D eigenvalue weighted by molar-refractivity contribution is 9.08. The molecule has 1 rings (SSSR count). The van der Waals surface area contributed by atoms with E-state index in [4.69, 9.17) is 9.47 Å². The van der Waals surface area contributed by atoms with Gasteiger partial charge in [-0.25, -0.2) is 0 Å². The lowest BCUT2D eigenvalue weighted by Gasteiger charge is -2.16. The largest absolute Gasteiger partial charge is 0.497 e. The number of alkyl halides is 1. The van der Waals surface area contributed by atoms with Gasteiger partial charge in [0.25, 0.3) is 0 Å². The molecule has 1 aromatic rings. The Morgan fingerprint density at radius 3 is 2.69 bits per heavy atom. The zero-order valence-electron chi connectivity index (χ0n) is 10.1. The Morgan fingerprint density at radius 1 is 1.38 bits per heavy atom. The van der Waals surface area contributed by atoms with E-state index in [1.807, 2.05) is 18.2 Å². The van der Waals surface area contributed by atoms with Gasteiger partial charge in [0, 0.05) is 10.9 Å². The summed E-state index contributed by atoms with van der Waals surface area (Å²) >= 11 is 3.47. The predicted molar refractivity (Wildman–Crippen MR) is 70.6 cm³/mol. The molecule has 0 heterocycles. The van der Waals surface area contributed by atoms with Crippen LogP contribution < -0.4 is 9.47 Å². The van der Waals surface area contributed by atoms with Crippen molar-refractivity contribution in [3.05, 3.63) is 23.8 Å². The third-order valence-electron chi connectivity index (χ3n) is 2.43. The van der Waals surface area contributed by atoms with Crippen molar-refractivity contribution >= 4 is 15.9 Å². The molecule has 16 heavy (non-hydrogen) atoms. The second-order valence-corrected chi connectivity index (χ2v) is 4.39. The second-order valence-electron chi connectivity index (χ2n) is 3.82. The summed E-state index contributed by atoms with van der Waals surface area (Å²) < 4.78 is 11.1. The van der Waals surface area contributed by atoms with Gasteiger partial charge in [-0.15, -0.1) is 0 Å². The Hall–Kier alpha value is -0.700. The van der Waals surface area contributed by atoms with E-state index in [1.54, 1.807) is 7.11 Å². The van der Waals surface area contributed by atoms with Crippen LogP contribution in [0.5, 0.6) is 11.5 Å². The van der Waals surface area contributed by atoms with Gasteiger partial charge in [-0.3, -0.25) is 0 Å². The first-order valence-corrected chi connectivity index (χ1v) is 6.73. The fraction of sp³-hybridized carbons (Fsp3) is 0.538. The summed E-state index contributed by atoms with van der Waals surface area (Å²) in [5.41, 5.74) is 1.13. The summed E-state index contributed by atoms with van der Waals surface area (Å²) in [5.74, 6) is 1.81. The van der Waals surface area contributed by atoms with Crippen LogP contribution in [0.3, 0.4) is 0 Å². The Morgan fingerprint density at radius 2 is 2.12 bits per heavy atom. The number of hydrogen-bond acceptors (Lipinski definition) is 2. The lowest BCUT2D eigenvalue weighted by Crippen LogP contribution is -2.12. The van der Waals surface area contributed by atoms with Gasteiger partial charge in [-0.2, -0.15) is 0 Å². The average molecular weight is 287 g/mol. The monoisotopic (exact) mass is 286 g/mol. The summed E-state index contributed by atoms with van der Waals surface area (Å²) in [6, 6.07) is 5.91. The van der Waals surface area contributed by atoms with Gasteiger partial charge in [-0.05, 0) is 31.5 Å². The van der Waals surface area contributed by atoms with E-state index >= 15 is 0 Å². The van der Waals surface area contributed by atoms with Gasteiger partial charge in [-0.1, -0.05) is 29.3 Å². The molecule has 0 aliphatic rings. The van der Waals surface area contributed by atoms with E-state index < -0.39 is 0 Å². The Kier molecular flexibility index (Phi) is 5.67. The first-order chi connectivity index (χ1) is 7.71. The highest BCUT2D eigenvalue weighted by Gasteiger charge is 2.08. The normalized spacial score (nSPS) is 12.2. The molecule has 0 bridgehead atoms. The molecule has 0 fully saturated rings. The summed E-state index contributed by atoms with van der Waals surface area (Å²) in [6.07, 6.45) is 2.48. The van der Waals surface area contributed by atoms with Gasteiger partial charge in [0.15, 0.2) is 0 Å². The van der Waals surface area contributed by atoms with E-state index in [-0.39, 0.29) is 6.10 Å². The molecule has 1 unspecified atom stereocenters. The second kappa shape index (κ2) is 6.79. The number of rotatable bonds is 6. The molecule has 0 aliphatic carbocycles. The van der Waals surface area contributed by atoms with Gasteiger partial charge in [0.05, 0.1) is 13.2 Å². The standard InChI is InChI=1S/C13H19BrO2/c1-4-5-10(2)16-13-7-6-12(15-3)8-11(13)9-14/h6-8,10H,4-5,9H2,1-3H3. The van der Waals surface area contributed by atoms with E-state index in [9.17, 15) is 0 Å². The van der Waals surface area contributed by atoms with E-state index in [2.05, 4.69) is 29.8 Å². The van der Waals surface area contributed by atoms with Crippen molar-refractivity contribution in [2.24, 2.45) is 0 Å². The van der Waals surface area contributed by atoms with Gasteiger partial charge in [0.1, 0.15) is 11.5 Å². The molecule has 0 amide bonds. The van der Waals surface area contributed by atoms with Crippen molar-refractivity contribution in [1.29, 1.82) is 0 Å². The highest BCUT2D eigenvalue weighted by atomic mass is 79.9. The van der Waals surface area contributed by atoms with Crippen LogP contribution in [-0.4, -0.2) is 13.2 Å². The molecule has 0 N–H and O–H groups in total. The van der Waals surface area contributed by atoms with Gasteiger partial charge >= 0.3 is 0 Å². The Labute approximate surface area is 106 Å². The number of hydrogen-bond donors (Lipinski definition) is 0. The summed E-state index contributed by atoms with van der Waals surface area (Å²) in [4.78, 5) is 0. The SMILES string of the molecule is CCCC(C)Oc1ccc(OC)cc1CBr. The maximum atomic E-state index is 5.89. The third-order valence-corrected chi connectivity index (χ3v) is 3.04. The minimum absolute atomic E-state index is 0.260. The van der Waals surface area contributed by atoms with Crippen molar-refractivity contribution in [1.82, 2.24) is 0 Å². The number of methoxy groups -OCH3 is 1. The molecule has 0 saturated carbocycles. The molecule has 0 aliphatic heterocycles. The number of halogens is 1. The molecule has 0 saturated heterocycles. The minimum Gasteiger partial charge on any atom is -0.497 e. The lowest BCUT2D eigenvalue weighted by atomic mass is 10.2. The number of benzene rings is 1. The molecule has 2 nitrogen and oxygen atoms in total. The summed E-state index contributed by atoms with van der Waals surface area (Å²) in [5, 5.41) is 0.776. The fourth-order valence-electron chi connectivity index (χ4n) is 1.58. The fourth-order valence-corrected chi connectivity index (χ4v) is 2.02. The van der Waals surface area contributed by atoms with Crippen LogP contribution in [0.15, 0.2) is 18.2 Å². The van der Waals surface area contributed by atoms with E-state index in [0.29, 0.717) is 0 Å². The predicted octanol–water partition coefficient (Wildman–Crippen LogP) is 4.16. The molecular formula is C13H19BrO2. The molecule has 0 spiro atoms. The quantitative estimate of drug-likeness (QED) is 0.731. The molecule has 3 heteroatoms. The topological polar surface area (TPSA) is 18.5 Å². The van der Waals surface area contributed by atoms with Crippen molar-refractivity contribution in [3.63, 3.8) is 0 Å². The third kappa shape index (κ3) is 3.71. The van der Waals surface area contributed by atoms with Crippen LogP contribution in [0.1, 0.15) is 32.3 Å². The molecular weight excluding hydrogens is 268 g/mol. The van der Waals surface area contributed by atoms with Crippen molar-refractivity contribution in [2.45, 2.75) is 38.1 Å². The molecule has 0 radical (unpaired) electrons. The first kappa shape index (κ1) is 13.4. The smallest absolute Gasteiger partial charge is 0.124 e. The van der Waals surface area contributed by atoms with Crippen LogP contribution in [0.25, 0.3) is 0 Å². The molecule has 1 atom stereocenters. The van der Waals surface area contributed by atoms with Crippen molar-refractivity contribution in [3.8, 4) is 11.5 Å². The van der Waals surface area contributed by atoms with E-state index in [0.717, 1.165) is 35.2 Å². The van der Waals surface area contributed by atoms with Crippen LogP contribution in [0.4, 0.5) is 0 Å². The lowest BCUT2D eigenvalue weighted by molar-refractivity contribution is 0.208. The Balaban J connectivity index is 2.78. The van der Waals surface area contributed by atoms with Gasteiger partial charge in [0.2, 0.25) is 0 Å². The van der Waals surface area contributed by atoms with Crippen LogP contribution in [0.2, 0.25) is 0 Å².